The molecule has 0 aliphatic carbocycles. The van der Waals surface area contributed by atoms with Gasteiger partial charge < -0.3 is 19.7 Å². The molecule has 0 unspecified atom stereocenters. The Morgan fingerprint density at radius 3 is 2.31 bits per heavy atom. The second kappa shape index (κ2) is 7.66. The number of nitrogens with zero attached hydrogens (tertiary/aromatic N) is 5. The number of aromatic hydroxyl groups is 1. The first-order chi connectivity index (χ1) is 15.5. The summed E-state index contributed by atoms with van der Waals surface area (Å²) in [6.45, 7) is 3.23. The number of nitriles is 1. The predicted molar refractivity (Wildman–Crippen MR) is 122 cm³/mol. The Morgan fingerprint density at radius 1 is 0.969 bits per heavy atom. The minimum absolute atomic E-state index is 0.192. The van der Waals surface area contributed by atoms with Gasteiger partial charge in [-0.05, 0) is 67.8 Å². The molecule has 0 atom stereocenters. The molecule has 5 rings (SSSR count). The molecule has 3 heterocycles. The van der Waals surface area contributed by atoms with Crippen molar-refractivity contribution in [2.75, 3.05) is 18.0 Å². The van der Waals surface area contributed by atoms with Crippen LogP contribution < -0.4 is 4.90 Å². The molecular formula is C25H23N5O2. The number of hydrogen-bond donors (Lipinski definition) is 2. The lowest BCUT2D eigenvalue weighted by molar-refractivity contribution is 0.0115. The van der Waals surface area contributed by atoms with Crippen molar-refractivity contribution in [3.63, 3.8) is 0 Å². The number of hydrogen-bond acceptors (Lipinski definition) is 6. The summed E-state index contributed by atoms with van der Waals surface area (Å²) >= 11 is 0. The molecule has 7 nitrogen and oxygen atoms in total. The fourth-order valence-electron chi connectivity index (χ4n) is 4.33. The molecule has 2 aromatic carbocycles. The maximum absolute atomic E-state index is 11.2. The van der Waals surface area contributed by atoms with Crippen LogP contribution in [0.4, 0.5) is 5.95 Å². The van der Waals surface area contributed by atoms with Crippen LogP contribution in [-0.4, -0.2) is 37.8 Å². The molecule has 0 saturated carbocycles. The Morgan fingerprint density at radius 2 is 1.66 bits per heavy atom. The second-order valence-corrected chi connectivity index (χ2v) is 8.26. The summed E-state index contributed by atoms with van der Waals surface area (Å²) in [6.07, 6.45) is 3.07. The number of anilines is 1. The van der Waals surface area contributed by atoms with E-state index in [1.807, 2.05) is 35.9 Å². The van der Waals surface area contributed by atoms with Gasteiger partial charge in [-0.25, -0.2) is 4.98 Å². The van der Waals surface area contributed by atoms with Crippen molar-refractivity contribution < 1.29 is 10.2 Å². The van der Waals surface area contributed by atoms with Crippen molar-refractivity contribution >= 4 is 17.0 Å². The average Bonchev–Trinajstić information content (AvgIpc) is 3.24. The van der Waals surface area contributed by atoms with Gasteiger partial charge in [0.15, 0.2) is 0 Å². The molecule has 1 saturated heterocycles. The molecule has 1 fully saturated rings. The van der Waals surface area contributed by atoms with Gasteiger partial charge in [0.05, 0.1) is 22.9 Å². The lowest BCUT2D eigenvalue weighted by Gasteiger charge is -2.38. The van der Waals surface area contributed by atoms with E-state index in [9.17, 15) is 10.2 Å². The van der Waals surface area contributed by atoms with E-state index in [1.54, 1.807) is 36.4 Å². The number of aliphatic hydroxyl groups is 1. The van der Waals surface area contributed by atoms with E-state index in [-0.39, 0.29) is 5.75 Å². The van der Waals surface area contributed by atoms with E-state index in [1.165, 1.54) is 0 Å². The van der Waals surface area contributed by atoms with Crippen LogP contribution in [0.5, 0.6) is 5.75 Å². The third-order valence-electron chi connectivity index (χ3n) is 6.28. The lowest BCUT2D eigenvalue weighted by atomic mass is 9.84. The number of fused-ring (bicyclic) bond motifs is 1. The largest absolute Gasteiger partial charge is 0.508 e. The van der Waals surface area contributed by atoms with Gasteiger partial charge in [-0.1, -0.05) is 12.1 Å². The topological polar surface area (TPSA) is 98.2 Å². The summed E-state index contributed by atoms with van der Waals surface area (Å²) in [4.78, 5) is 11.7. The summed E-state index contributed by atoms with van der Waals surface area (Å²) in [5.74, 6) is 0.841. The van der Waals surface area contributed by atoms with Gasteiger partial charge in [-0.2, -0.15) is 10.2 Å². The summed E-state index contributed by atoms with van der Waals surface area (Å²) in [6, 6.07) is 18.3. The molecule has 4 aromatic rings. The van der Waals surface area contributed by atoms with E-state index in [4.69, 9.17) is 15.2 Å². The van der Waals surface area contributed by atoms with E-state index in [0.29, 0.717) is 37.4 Å². The Hall–Kier alpha value is -3.89. The van der Waals surface area contributed by atoms with Crippen LogP contribution in [0.25, 0.3) is 16.7 Å². The van der Waals surface area contributed by atoms with Crippen LogP contribution >= 0.6 is 0 Å². The van der Waals surface area contributed by atoms with Gasteiger partial charge in [0.25, 0.3) is 0 Å². The molecule has 160 valence electrons. The van der Waals surface area contributed by atoms with Gasteiger partial charge in [-0.15, -0.1) is 0 Å². The highest BCUT2D eigenvalue weighted by atomic mass is 16.3. The Labute approximate surface area is 185 Å². The van der Waals surface area contributed by atoms with Crippen molar-refractivity contribution in [2.24, 2.45) is 0 Å². The van der Waals surface area contributed by atoms with Gasteiger partial charge in [-0.3, -0.25) is 0 Å². The molecule has 7 heteroatoms. The maximum Gasteiger partial charge on any atom is 0.227 e. The molecule has 0 amide bonds. The number of piperidine rings is 1. The third kappa shape index (κ3) is 3.45. The van der Waals surface area contributed by atoms with Crippen molar-refractivity contribution in [3.8, 4) is 17.5 Å². The number of aromatic nitrogens is 3. The molecule has 2 aromatic heterocycles. The van der Waals surface area contributed by atoms with Crippen LogP contribution in [0.1, 0.15) is 29.7 Å². The molecule has 32 heavy (non-hydrogen) atoms. The smallest absolute Gasteiger partial charge is 0.227 e. The summed E-state index contributed by atoms with van der Waals surface area (Å²) in [5.41, 5.74) is 3.16. The van der Waals surface area contributed by atoms with Crippen LogP contribution in [-0.2, 0) is 5.60 Å². The fourth-order valence-corrected chi connectivity index (χ4v) is 4.33. The minimum atomic E-state index is -0.925. The van der Waals surface area contributed by atoms with Crippen molar-refractivity contribution in [2.45, 2.75) is 25.4 Å². The van der Waals surface area contributed by atoms with Gasteiger partial charge in [0.1, 0.15) is 11.4 Å². The molecule has 1 aliphatic rings. The number of phenolic OH excluding ortho intramolecular Hbond substituents is 1. The van der Waals surface area contributed by atoms with Gasteiger partial charge in [0, 0.05) is 30.4 Å². The zero-order valence-corrected chi connectivity index (χ0v) is 17.7. The van der Waals surface area contributed by atoms with E-state index in [0.717, 1.165) is 28.0 Å². The zero-order chi connectivity index (χ0) is 22.3. The number of benzene rings is 2. The van der Waals surface area contributed by atoms with Crippen molar-refractivity contribution in [1.29, 1.82) is 5.26 Å². The Kier molecular flexibility index (Phi) is 4.80. The van der Waals surface area contributed by atoms with Crippen LogP contribution in [0.3, 0.4) is 0 Å². The first-order valence-electron chi connectivity index (χ1n) is 10.6. The first kappa shape index (κ1) is 20.0. The normalized spacial score (nSPS) is 15.6. The van der Waals surface area contributed by atoms with Gasteiger partial charge in [0.2, 0.25) is 5.95 Å². The van der Waals surface area contributed by atoms with Crippen molar-refractivity contribution in [1.82, 2.24) is 14.5 Å². The Balaban J connectivity index is 1.44. The minimum Gasteiger partial charge on any atom is -0.508 e. The monoisotopic (exact) mass is 425 g/mol. The van der Waals surface area contributed by atoms with Gasteiger partial charge >= 0.3 is 0 Å². The first-order valence-corrected chi connectivity index (χ1v) is 10.6. The highest BCUT2D eigenvalue weighted by Gasteiger charge is 2.35. The van der Waals surface area contributed by atoms with Crippen LogP contribution in [0, 0.1) is 18.3 Å². The summed E-state index contributed by atoms with van der Waals surface area (Å²) in [5, 5.41) is 30.7. The standard InChI is InChI=1S/C25H23N5O2/c1-17-22-10-13-30(20-6-2-18(16-26)3-7-20)23(22)28-24(27-17)29-14-11-25(32,12-15-29)19-4-8-21(31)9-5-19/h2-10,13,31-32H,11-12,14-15H2,1H3. The highest BCUT2D eigenvalue weighted by Crippen LogP contribution is 2.35. The van der Waals surface area contributed by atoms with Crippen molar-refractivity contribution in [3.05, 3.63) is 77.6 Å². The molecular weight excluding hydrogens is 402 g/mol. The fraction of sp³-hybridized carbons (Fsp3) is 0.240. The number of aryl methyl sites for hydroxylation is 1. The SMILES string of the molecule is Cc1nc(N2CCC(O)(c3ccc(O)cc3)CC2)nc2c1ccn2-c1ccc(C#N)cc1. The third-order valence-corrected chi connectivity index (χ3v) is 6.28. The molecule has 0 spiro atoms. The maximum atomic E-state index is 11.2. The van der Waals surface area contributed by atoms with Crippen LogP contribution in [0.2, 0.25) is 0 Å². The highest BCUT2D eigenvalue weighted by molar-refractivity contribution is 5.81. The number of phenols is 1. The second-order valence-electron chi connectivity index (χ2n) is 8.26. The zero-order valence-electron chi connectivity index (χ0n) is 17.7. The van der Waals surface area contributed by atoms with Crippen LogP contribution in [0.15, 0.2) is 60.8 Å². The predicted octanol–water partition coefficient (Wildman–Crippen LogP) is 3.79. The summed E-state index contributed by atoms with van der Waals surface area (Å²) < 4.78 is 2.01. The quantitative estimate of drug-likeness (QED) is 0.518. The molecule has 0 bridgehead atoms. The van der Waals surface area contributed by atoms with E-state index >= 15 is 0 Å². The van der Waals surface area contributed by atoms with E-state index < -0.39 is 5.60 Å². The molecule has 2 N–H and O–H groups in total. The molecule has 0 radical (unpaired) electrons. The lowest BCUT2D eigenvalue weighted by Crippen LogP contribution is -2.43. The van der Waals surface area contributed by atoms with E-state index in [2.05, 4.69) is 11.0 Å². The Bertz CT molecular complexity index is 1310. The molecule has 1 aliphatic heterocycles. The number of rotatable bonds is 3. The summed E-state index contributed by atoms with van der Waals surface area (Å²) in [7, 11) is 0. The average molecular weight is 425 g/mol.